The molecule has 0 saturated carbocycles. The van der Waals surface area contributed by atoms with Crippen molar-refractivity contribution < 1.29 is 17.7 Å². The molecule has 150 valence electrons. The Morgan fingerprint density at radius 1 is 1.17 bits per heavy atom. The number of aromatic nitrogens is 1. The molecule has 0 radical (unpaired) electrons. The van der Waals surface area contributed by atoms with Gasteiger partial charge in [-0.2, -0.15) is 0 Å². The third-order valence-electron chi connectivity index (χ3n) is 3.87. The second-order valence-electron chi connectivity index (χ2n) is 6.13. The first kappa shape index (κ1) is 20.8. The number of amides is 1. The van der Waals surface area contributed by atoms with Crippen LogP contribution in [0.2, 0.25) is 5.02 Å². The van der Waals surface area contributed by atoms with Gasteiger partial charge in [-0.15, -0.1) is 6.58 Å². The van der Waals surface area contributed by atoms with Crippen molar-refractivity contribution in [2.75, 3.05) is 11.9 Å². The van der Waals surface area contributed by atoms with Gasteiger partial charge in [-0.25, -0.2) is 13.1 Å². The largest absolute Gasteiger partial charge is 0.355 e. The molecule has 3 aromatic rings. The molecule has 29 heavy (non-hydrogen) atoms. The fourth-order valence-electron chi connectivity index (χ4n) is 2.50. The molecule has 1 aromatic heterocycles. The summed E-state index contributed by atoms with van der Waals surface area (Å²) in [5, 5.41) is 7.03. The summed E-state index contributed by atoms with van der Waals surface area (Å²) in [4.78, 5) is 12.4. The Hall–Kier alpha value is -2.94. The summed E-state index contributed by atoms with van der Waals surface area (Å²) in [6.45, 7) is 3.64. The first-order chi connectivity index (χ1) is 13.9. The van der Waals surface area contributed by atoms with E-state index in [9.17, 15) is 13.2 Å². The summed E-state index contributed by atoms with van der Waals surface area (Å²) >= 11 is 5.96. The van der Waals surface area contributed by atoms with Crippen molar-refractivity contribution in [3.63, 3.8) is 0 Å². The second-order valence-corrected chi connectivity index (χ2v) is 8.38. The fraction of sp³-hybridized carbons (Fsp3) is 0.100. The van der Waals surface area contributed by atoms with Crippen molar-refractivity contribution >= 4 is 33.2 Å². The van der Waals surface area contributed by atoms with E-state index in [4.69, 9.17) is 16.1 Å². The molecule has 0 bridgehead atoms. The van der Waals surface area contributed by atoms with Crippen LogP contribution in [0.4, 0.5) is 5.69 Å². The molecule has 0 fully saturated rings. The predicted molar refractivity (Wildman–Crippen MR) is 112 cm³/mol. The van der Waals surface area contributed by atoms with Gasteiger partial charge in [0, 0.05) is 28.9 Å². The van der Waals surface area contributed by atoms with E-state index in [-0.39, 0.29) is 18.0 Å². The Balaban J connectivity index is 1.65. The Morgan fingerprint density at radius 3 is 2.62 bits per heavy atom. The first-order valence-corrected chi connectivity index (χ1v) is 10.6. The van der Waals surface area contributed by atoms with Gasteiger partial charge in [0.2, 0.25) is 10.0 Å². The molecule has 0 saturated heterocycles. The van der Waals surface area contributed by atoms with Crippen LogP contribution in [0.25, 0.3) is 11.3 Å². The van der Waals surface area contributed by atoms with Crippen molar-refractivity contribution in [1.82, 2.24) is 9.88 Å². The molecule has 1 amide bonds. The summed E-state index contributed by atoms with van der Waals surface area (Å²) in [5.41, 5.74) is 1.91. The van der Waals surface area contributed by atoms with E-state index in [1.165, 1.54) is 12.1 Å². The van der Waals surface area contributed by atoms with Gasteiger partial charge in [-0.1, -0.05) is 47.1 Å². The zero-order chi connectivity index (χ0) is 20.9. The van der Waals surface area contributed by atoms with Gasteiger partial charge in [0.25, 0.3) is 5.91 Å². The molecule has 0 spiro atoms. The lowest BCUT2D eigenvalue weighted by Gasteiger charge is -2.07. The van der Waals surface area contributed by atoms with Crippen LogP contribution in [-0.2, 0) is 15.8 Å². The van der Waals surface area contributed by atoms with E-state index in [0.29, 0.717) is 27.6 Å². The standard InChI is InChI=1S/C20H18ClN3O4S/c1-2-10-22-29(26,27)13-14-6-8-17(9-7-14)23-20(25)18-12-19(28-24-18)15-4-3-5-16(21)11-15/h2-9,11-12,22H,1,10,13H2,(H,23,25). The van der Waals surface area contributed by atoms with Gasteiger partial charge in [-0.3, -0.25) is 4.79 Å². The van der Waals surface area contributed by atoms with Crippen LogP contribution >= 0.6 is 11.6 Å². The van der Waals surface area contributed by atoms with Gasteiger partial charge in [-0.05, 0) is 29.8 Å². The molecule has 1 heterocycles. The Bertz CT molecular complexity index is 1120. The van der Waals surface area contributed by atoms with Gasteiger partial charge < -0.3 is 9.84 Å². The number of nitrogens with one attached hydrogen (secondary N) is 2. The van der Waals surface area contributed by atoms with Gasteiger partial charge in [0.15, 0.2) is 11.5 Å². The van der Waals surface area contributed by atoms with Crippen LogP contribution in [0, 0.1) is 0 Å². The van der Waals surface area contributed by atoms with Crippen LogP contribution in [0.5, 0.6) is 0 Å². The number of nitrogens with zero attached hydrogens (tertiary/aromatic N) is 1. The molecule has 0 aliphatic heterocycles. The quantitative estimate of drug-likeness (QED) is 0.527. The van der Waals surface area contributed by atoms with Crippen LogP contribution in [-0.4, -0.2) is 26.0 Å². The maximum Gasteiger partial charge on any atom is 0.277 e. The van der Waals surface area contributed by atoms with E-state index >= 15 is 0 Å². The number of benzene rings is 2. The van der Waals surface area contributed by atoms with Crippen molar-refractivity contribution in [3.8, 4) is 11.3 Å². The minimum atomic E-state index is -3.44. The van der Waals surface area contributed by atoms with Crippen molar-refractivity contribution in [3.05, 3.63) is 83.5 Å². The fourth-order valence-corrected chi connectivity index (χ4v) is 3.79. The maximum absolute atomic E-state index is 12.4. The van der Waals surface area contributed by atoms with Crippen LogP contribution in [0.1, 0.15) is 16.1 Å². The molecule has 0 aliphatic rings. The smallest absolute Gasteiger partial charge is 0.277 e. The number of carbonyl (C=O) groups excluding carboxylic acids is 1. The number of carbonyl (C=O) groups is 1. The Kier molecular flexibility index (Phi) is 6.48. The molecule has 0 unspecified atom stereocenters. The third-order valence-corrected chi connectivity index (χ3v) is 5.42. The number of hydrogen-bond acceptors (Lipinski definition) is 5. The molecular formula is C20H18ClN3O4S. The summed E-state index contributed by atoms with van der Waals surface area (Å²) in [5.74, 6) is -0.193. The number of anilines is 1. The van der Waals surface area contributed by atoms with Crippen LogP contribution < -0.4 is 10.0 Å². The first-order valence-electron chi connectivity index (χ1n) is 8.57. The topological polar surface area (TPSA) is 101 Å². The monoisotopic (exact) mass is 431 g/mol. The highest BCUT2D eigenvalue weighted by molar-refractivity contribution is 7.88. The number of rotatable bonds is 8. The van der Waals surface area contributed by atoms with E-state index in [1.54, 1.807) is 48.5 Å². The number of sulfonamides is 1. The second kappa shape index (κ2) is 9.04. The highest BCUT2D eigenvalue weighted by Gasteiger charge is 2.15. The molecule has 9 heteroatoms. The predicted octanol–water partition coefficient (Wildman–Crippen LogP) is 3.85. The summed E-state index contributed by atoms with van der Waals surface area (Å²) < 4.78 is 31.4. The lowest BCUT2D eigenvalue weighted by Crippen LogP contribution is -2.25. The van der Waals surface area contributed by atoms with Gasteiger partial charge >= 0.3 is 0 Å². The molecule has 0 atom stereocenters. The summed E-state index contributed by atoms with van der Waals surface area (Å²) in [6.07, 6.45) is 1.47. The SMILES string of the molecule is C=CCNS(=O)(=O)Cc1ccc(NC(=O)c2cc(-c3cccc(Cl)c3)on2)cc1. The van der Waals surface area contributed by atoms with Crippen LogP contribution in [0.15, 0.2) is 71.8 Å². The van der Waals surface area contributed by atoms with Crippen molar-refractivity contribution in [1.29, 1.82) is 0 Å². The number of hydrogen-bond donors (Lipinski definition) is 2. The summed E-state index contributed by atoms with van der Waals surface area (Å²) in [6, 6.07) is 15.0. The summed E-state index contributed by atoms with van der Waals surface area (Å²) in [7, 11) is -3.44. The molecule has 3 rings (SSSR count). The lowest BCUT2D eigenvalue weighted by atomic mass is 10.1. The molecule has 7 nitrogen and oxygen atoms in total. The van der Waals surface area contributed by atoms with Crippen molar-refractivity contribution in [2.24, 2.45) is 0 Å². The lowest BCUT2D eigenvalue weighted by molar-refractivity contribution is 0.101. The highest BCUT2D eigenvalue weighted by Crippen LogP contribution is 2.23. The van der Waals surface area contributed by atoms with E-state index in [2.05, 4.69) is 21.8 Å². The van der Waals surface area contributed by atoms with E-state index in [0.717, 1.165) is 0 Å². The highest BCUT2D eigenvalue weighted by atomic mass is 35.5. The van der Waals surface area contributed by atoms with Crippen LogP contribution in [0.3, 0.4) is 0 Å². The average Bonchev–Trinajstić information content (AvgIpc) is 3.18. The van der Waals surface area contributed by atoms with E-state index < -0.39 is 15.9 Å². The third kappa shape index (κ3) is 5.77. The average molecular weight is 432 g/mol. The minimum Gasteiger partial charge on any atom is -0.355 e. The Morgan fingerprint density at radius 2 is 1.93 bits per heavy atom. The van der Waals surface area contributed by atoms with Crippen molar-refractivity contribution in [2.45, 2.75) is 5.75 Å². The normalized spacial score (nSPS) is 11.2. The van der Waals surface area contributed by atoms with E-state index in [1.807, 2.05) is 0 Å². The zero-order valence-corrected chi connectivity index (χ0v) is 16.8. The maximum atomic E-state index is 12.4. The van der Waals surface area contributed by atoms with Gasteiger partial charge in [0.1, 0.15) is 0 Å². The minimum absolute atomic E-state index is 0.111. The molecule has 0 aliphatic carbocycles. The Labute approximate surface area is 173 Å². The number of halogens is 1. The molecule has 2 aromatic carbocycles. The van der Waals surface area contributed by atoms with Gasteiger partial charge in [0.05, 0.1) is 5.75 Å². The molecule has 2 N–H and O–H groups in total. The zero-order valence-electron chi connectivity index (χ0n) is 15.3. The molecular weight excluding hydrogens is 414 g/mol.